The molecule has 0 aliphatic heterocycles. The average molecular weight is 278 g/mol. The van der Waals surface area contributed by atoms with Crippen LogP contribution in [-0.2, 0) is 6.42 Å². The number of rotatable bonds is 5. The highest BCUT2D eigenvalue weighted by atomic mass is 16.3. The van der Waals surface area contributed by atoms with E-state index in [1.54, 1.807) is 0 Å². The molecule has 0 fully saturated rings. The van der Waals surface area contributed by atoms with Gasteiger partial charge in [0.15, 0.2) is 17.3 Å². The maximum atomic E-state index is 12.2. The fourth-order valence-corrected chi connectivity index (χ4v) is 1.99. The van der Waals surface area contributed by atoms with Crippen LogP contribution in [0.1, 0.15) is 50.0 Å². The molecule has 0 aromatic heterocycles. The molecule has 0 saturated carbocycles. The Morgan fingerprint density at radius 2 is 1.80 bits per heavy atom. The Labute approximate surface area is 119 Å². The number of allylic oxidation sites excluding steroid dienone is 2. The third kappa shape index (κ3) is 3.76. The van der Waals surface area contributed by atoms with Crippen molar-refractivity contribution >= 4 is 5.78 Å². The zero-order valence-corrected chi connectivity index (χ0v) is 12.4. The van der Waals surface area contributed by atoms with Crippen molar-refractivity contribution < 1.29 is 20.1 Å². The van der Waals surface area contributed by atoms with E-state index in [9.17, 15) is 20.1 Å². The Bertz CT molecular complexity index is 538. The zero-order chi connectivity index (χ0) is 15.4. The largest absolute Gasteiger partial charge is 0.507 e. The number of hydrogen-bond donors (Lipinski definition) is 3. The van der Waals surface area contributed by atoms with Gasteiger partial charge in [-0.25, -0.2) is 0 Å². The first-order valence-electron chi connectivity index (χ1n) is 6.67. The topological polar surface area (TPSA) is 77.8 Å². The van der Waals surface area contributed by atoms with Crippen LogP contribution in [0.2, 0.25) is 0 Å². The fraction of sp³-hybridized carbons (Fsp3) is 0.438. The third-order valence-corrected chi connectivity index (χ3v) is 2.95. The van der Waals surface area contributed by atoms with Gasteiger partial charge in [-0.05, 0) is 26.2 Å². The Kier molecular flexibility index (Phi) is 5.19. The van der Waals surface area contributed by atoms with Gasteiger partial charge in [-0.15, -0.1) is 0 Å². The third-order valence-electron chi connectivity index (χ3n) is 2.95. The van der Waals surface area contributed by atoms with Crippen LogP contribution in [0.3, 0.4) is 0 Å². The van der Waals surface area contributed by atoms with Gasteiger partial charge >= 0.3 is 0 Å². The second kappa shape index (κ2) is 6.46. The number of carbonyl (C=O) groups excluding carboxylic acids is 1. The van der Waals surface area contributed by atoms with Crippen LogP contribution >= 0.6 is 0 Å². The van der Waals surface area contributed by atoms with E-state index in [1.165, 1.54) is 0 Å². The molecule has 0 atom stereocenters. The first kappa shape index (κ1) is 16.1. The van der Waals surface area contributed by atoms with Gasteiger partial charge in [0.25, 0.3) is 0 Å². The molecule has 4 heteroatoms. The van der Waals surface area contributed by atoms with E-state index in [0.717, 1.165) is 11.6 Å². The fourth-order valence-electron chi connectivity index (χ4n) is 1.99. The van der Waals surface area contributed by atoms with Gasteiger partial charge in [-0.1, -0.05) is 25.5 Å². The molecular formula is C16H22O4. The molecule has 1 aromatic carbocycles. The first-order chi connectivity index (χ1) is 9.23. The molecule has 0 heterocycles. The van der Waals surface area contributed by atoms with E-state index in [2.05, 4.69) is 0 Å². The number of ketones is 1. The lowest BCUT2D eigenvalue weighted by molar-refractivity contribution is 0.0964. The number of Topliss-reactive ketones (excluding diaryl/α,β-unsaturated/α-hetero) is 1. The Morgan fingerprint density at radius 3 is 2.30 bits per heavy atom. The SMILES string of the molecule is CC(C)=CCc1c(O)c(O)cc(O)c1C(=O)CC(C)C. The summed E-state index contributed by atoms with van der Waals surface area (Å²) in [6.45, 7) is 7.61. The normalized spacial score (nSPS) is 10.7. The summed E-state index contributed by atoms with van der Waals surface area (Å²) in [6.07, 6.45) is 2.40. The minimum atomic E-state index is -0.416. The predicted molar refractivity (Wildman–Crippen MR) is 78.4 cm³/mol. The first-order valence-corrected chi connectivity index (χ1v) is 6.67. The van der Waals surface area contributed by atoms with Crippen molar-refractivity contribution in [2.75, 3.05) is 0 Å². The highest BCUT2D eigenvalue weighted by Gasteiger charge is 2.22. The van der Waals surface area contributed by atoms with Gasteiger partial charge in [0, 0.05) is 18.1 Å². The summed E-state index contributed by atoms with van der Waals surface area (Å²) in [5.74, 6) is -1.13. The number of phenols is 3. The summed E-state index contributed by atoms with van der Waals surface area (Å²) in [6, 6.07) is 1.01. The molecule has 1 rings (SSSR count). The average Bonchev–Trinajstić information content (AvgIpc) is 2.30. The molecule has 0 bridgehead atoms. The Morgan fingerprint density at radius 1 is 1.20 bits per heavy atom. The van der Waals surface area contributed by atoms with Crippen molar-refractivity contribution in [2.24, 2.45) is 5.92 Å². The van der Waals surface area contributed by atoms with E-state index in [4.69, 9.17) is 0 Å². The molecule has 0 amide bonds. The number of hydrogen-bond acceptors (Lipinski definition) is 4. The summed E-state index contributed by atoms with van der Waals surface area (Å²) in [5.41, 5.74) is 1.40. The van der Waals surface area contributed by atoms with E-state index < -0.39 is 5.75 Å². The number of carbonyl (C=O) groups is 1. The molecule has 0 unspecified atom stereocenters. The van der Waals surface area contributed by atoms with Crippen molar-refractivity contribution in [3.05, 3.63) is 28.8 Å². The monoisotopic (exact) mass is 278 g/mol. The maximum Gasteiger partial charge on any atom is 0.167 e. The van der Waals surface area contributed by atoms with Crippen molar-refractivity contribution in [3.63, 3.8) is 0 Å². The van der Waals surface area contributed by atoms with Crippen LogP contribution in [0.25, 0.3) is 0 Å². The van der Waals surface area contributed by atoms with Gasteiger partial charge in [-0.3, -0.25) is 4.79 Å². The molecule has 3 N–H and O–H groups in total. The minimum absolute atomic E-state index is 0.103. The lowest BCUT2D eigenvalue weighted by atomic mass is 9.93. The molecule has 110 valence electrons. The lowest BCUT2D eigenvalue weighted by Crippen LogP contribution is -2.08. The molecule has 0 aliphatic rings. The molecule has 0 aliphatic carbocycles. The van der Waals surface area contributed by atoms with E-state index in [0.29, 0.717) is 0 Å². The molecule has 1 aromatic rings. The Balaban J connectivity index is 3.36. The summed E-state index contributed by atoms with van der Waals surface area (Å²) in [7, 11) is 0. The number of aromatic hydroxyl groups is 3. The summed E-state index contributed by atoms with van der Waals surface area (Å²) in [5, 5.41) is 29.5. The summed E-state index contributed by atoms with van der Waals surface area (Å²) in [4.78, 5) is 12.2. The maximum absolute atomic E-state index is 12.2. The summed E-state index contributed by atoms with van der Waals surface area (Å²) < 4.78 is 0. The molecule has 0 radical (unpaired) electrons. The van der Waals surface area contributed by atoms with Gasteiger partial charge in [0.1, 0.15) is 5.75 Å². The molecule has 20 heavy (non-hydrogen) atoms. The number of benzene rings is 1. The van der Waals surface area contributed by atoms with Gasteiger partial charge in [-0.2, -0.15) is 0 Å². The van der Waals surface area contributed by atoms with Gasteiger partial charge in [0.05, 0.1) is 5.56 Å². The molecule has 0 saturated heterocycles. The second-order valence-electron chi connectivity index (χ2n) is 5.62. The van der Waals surface area contributed by atoms with E-state index >= 15 is 0 Å². The van der Waals surface area contributed by atoms with Gasteiger partial charge in [0.2, 0.25) is 0 Å². The minimum Gasteiger partial charge on any atom is -0.507 e. The molecular weight excluding hydrogens is 256 g/mol. The van der Waals surface area contributed by atoms with Crippen molar-refractivity contribution in [2.45, 2.75) is 40.5 Å². The van der Waals surface area contributed by atoms with E-state index in [1.807, 2.05) is 33.8 Å². The lowest BCUT2D eigenvalue weighted by Gasteiger charge is -2.14. The van der Waals surface area contributed by atoms with Crippen LogP contribution in [-0.4, -0.2) is 21.1 Å². The highest BCUT2D eigenvalue weighted by Crippen LogP contribution is 2.39. The van der Waals surface area contributed by atoms with Crippen LogP contribution in [0.4, 0.5) is 0 Å². The van der Waals surface area contributed by atoms with Crippen molar-refractivity contribution in [3.8, 4) is 17.2 Å². The van der Waals surface area contributed by atoms with Crippen LogP contribution in [0.15, 0.2) is 17.7 Å². The van der Waals surface area contributed by atoms with Gasteiger partial charge < -0.3 is 15.3 Å². The van der Waals surface area contributed by atoms with Crippen LogP contribution in [0, 0.1) is 5.92 Å². The second-order valence-corrected chi connectivity index (χ2v) is 5.62. The predicted octanol–water partition coefficient (Wildman–Crippen LogP) is 3.54. The van der Waals surface area contributed by atoms with Crippen molar-refractivity contribution in [1.29, 1.82) is 0 Å². The van der Waals surface area contributed by atoms with Crippen molar-refractivity contribution in [1.82, 2.24) is 0 Å². The van der Waals surface area contributed by atoms with E-state index in [-0.39, 0.29) is 47.2 Å². The van der Waals surface area contributed by atoms with Crippen LogP contribution in [0.5, 0.6) is 17.2 Å². The Hall–Kier alpha value is -1.97. The summed E-state index contributed by atoms with van der Waals surface area (Å²) >= 11 is 0. The van der Waals surface area contributed by atoms with Crippen LogP contribution < -0.4 is 0 Å². The molecule has 0 spiro atoms. The highest BCUT2D eigenvalue weighted by molar-refractivity contribution is 6.01. The smallest absolute Gasteiger partial charge is 0.167 e. The number of phenolic OH excluding ortho intramolecular Hbond substituents is 3. The quantitative estimate of drug-likeness (QED) is 0.333. The standard InChI is InChI=1S/C16H22O4/c1-9(2)5-6-11-15(12(17)7-10(3)4)13(18)8-14(19)16(11)20/h5,8,10,18-20H,6-7H2,1-4H3. The molecule has 4 nitrogen and oxygen atoms in total. The zero-order valence-electron chi connectivity index (χ0n) is 12.4.